The minimum absolute atomic E-state index is 0.414. The SMILES string of the molecule is CNc1ccnc(C=O)c1Br. The van der Waals surface area contributed by atoms with Crippen molar-refractivity contribution in [2.45, 2.75) is 0 Å². The summed E-state index contributed by atoms with van der Waals surface area (Å²) in [6.45, 7) is 0. The molecule has 11 heavy (non-hydrogen) atoms. The maximum atomic E-state index is 10.4. The number of pyridine rings is 1. The second-order valence-corrected chi connectivity index (χ2v) is 2.72. The number of hydrogen-bond acceptors (Lipinski definition) is 3. The Morgan fingerprint density at radius 1 is 1.73 bits per heavy atom. The van der Waals surface area contributed by atoms with Crippen molar-refractivity contribution in [1.82, 2.24) is 4.98 Å². The Kier molecular flexibility index (Phi) is 2.59. The molecule has 1 aromatic heterocycles. The van der Waals surface area contributed by atoms with Gasteiger partial charge in [0.25, 0.3) is 0 Å². The van der Waals surface area contributed by atoms with Gasteiger partial charge in [0.15, 0.2) is 6.29 Å². The molecule has 0 atom stereocenters. The molecule has 1 N–H and O–H groups in total. The van der Waals surface area contributed by atoms with E-state index in [1.165, 1.54) is 0 Å². The van der Waals surface area contributed by atoms with Crippen LogP contribution in [0.1, 0.15) is 10.5 Å². The number of nitrogens with one attached hydrogen (secondary N) is 1. The van der Waals surface area contributed by atoms with Crippen LogP contribution >= 0.6 is 15.9 Å². The van der Waals surface area contributed by atoms with Crippen LogP contribution in [0.15, 0.2) is 16.7 Å². The highest BCUT2D eigenvalue weighted by molar-refractivity contribution is 9.10. The normalized spacial score (nSPS) is 9.27. The molecule has 1 heterocycles. The molecule has 0 bridgehead atoms. The van der Waals surface area contributed by atoms with Crippen LogP contribution < -0.4 is 5.32 Å². The Bertz CT molecular complexity index is 275. The first-order valence-corrected chi connectivity index (χ1v) is 3.86. The standard InChI is InChI=1S/C7H7BrN2O/c1-9-5-2-3-10-6(4-11)7(5)8/h2-4H,1H3,(H,9,10). The van der Waals surface area contributed by atoms with Crippen LogP contribution in [0.4, 0.5) is 5.69 Å². The zero-order valence-electron chi connectivity index (χ0n) is 5.97. The number of rotatable bonds is 2. The monoisotopic (exact) mass is 214 g/mol. The summed E-state index contributed by atoms with van der Waals surface area (Å²) in [5.41, 5.74) is 1.28. The highest BCUT2D eigenvalue weighted by atomic mass is 79.9. The molecule has 0 aliphatic carbocycles. The molecule has 4 heteroatoms. The molecule has 1 rings (SSSR count). The van der Waals surface area contributed by atoms with Gasteiger partial charge in [0.05, 0.1) is 10.2 Å². The van der Waals surface area contributed by atoms with E-state index in [2.05, 4.69) is 26.2 Å². The fraction of sp³-hybridized carbons (Fsp3) is 0.143. The minimum atomic E-state index is 0.414. The summed E-state index contributed by atoms with van der Waals surface area (Å²) < 4.78 is 0.706. The fourth-order valence-corrected chi connectivity index (χ4v) is 1.26. The molecule has 0 radical (unpaired) electrons. The van der Waals surface area contributed by atoms with Crippen LogP contribution in [-0.2, 0) is 0 Å². The van der Waals surface area contributed by atoms with Gasteiger partial charge in [0.1, 0.15) is 5.69 Å². The first-order valence-electron chi connectivity index (χ1n) is 3.07. The van der Waals surface area contributed by atoms with Crippen LogP contribution in [0.25, 0.3) is 0 Å². The van der Waals surface area contributed by atoms with Crippen LogP contribution in [0.2, 0.25) is 0 Å². The molecular weight excluding hydrogens is 208 g/mol. The third kappa shape index (κ3) is 1.57. The Morgan fingerprint density at radius 2 is 2.45 bits per heavy atom. The average molecular weight is 215 g/mol. The molecule has 0 unspecified atom stereocenters. The predicted molar refractivity (Wildman–Crippen MR) is 46.9 cm³/mol. The van der Waals surface area contributed by atoms with E-state index in [4.69, 9.17) is 0 Å². The highest BCUT2D eigenvalue weighted by Gasteiger charge is 2.02. The summed E-state index contributed by atoms with van der Waals surface area (Å²) in [6, 6.07) is 1.79. The average Bonchev–Trinajstić information content (AvgIpc) is 2.05. The van der Waals surface area contributed by atoms with E-state index in [0.717, 1.165) is 5.69 Å². The summed E-state index contributed by atoms with van der Waals surface area (Å²) >= 11 is 3.25. The molecular formula is C7H7BrN2O. The summed E-state index contributed by atoms with van der Waals surface area (Å²) in [5, 5.41) is 2.92. The lowest BCUT2D eigenvalue weighted by molar-refractivity contribution is 0.111. The van der Waals surface area contributed by atoms with Gasteiger partial charge in [-0.3, -0.25) is 9.78 Å². The number of nitrogens with zero attached hydrogens (tertiary/aromatic N) is 1. The molecule has 0 aliphatic heterocycles. The first kappa shape index (κ1) is 8.20. The van der Waals surface area contributed by atoms with E-state index in [1.807, 2.05) is 0 Å². The van der Waals surface area contributed by atoms with E-state index in [9.17, 15) is 4.79 Å². The Hall–Kier alpha value is -0.900. The van der Waals surface area contributed by atoms with Crippen LogP contribution in [0.3, 0.4) is 0 Å². The van der Waals surface area contributed by atoms with Gasteiger partial charge in [-0.2, -0.15) is 0 Å². The van der Waals surface area contributed by atoms with Crippen LogP contribution in [0, 0.1) is 0 Å². The first-order chi connectivity index (χ1) is 5.29. The number of hydrogen-bond donors (Lipinski definition) is 1. The summed E-state index contributed by atoms with van der Waals surface area (Å²) in [4.78, 5) is 14.2. The quantitative estimate of drug-likeness (QED) is 0.763. The predicted octanol–water partition coefficient (Wildman–Crippen LogP) is 1.70. The zero-order valence-corrected chi connectivity index (χ0v) is 7.55. The fourth-order valence-electron chi connectivity index (χ4n) is 0.735. The number of halogens is 1. The van der Waals surface area contributed by atoms with Crippen molar-refractivity contribution in [3.8, 4) is 0 Å². The lowest BCUT2D eigenvalue weighted by Gasteiger charge is -2.02. The van der Waals surface area contributed by atoms with Crippen molar-refractivity contribution in [3.63, 3.8) is 0 Å². The summed E-state index contributed by atoms with van der Waals surface area (Å²) in [7, 11) is 1.79. The van der Waals surface area contributed by atoms with Gasteiger partial charge in [-0.25, -0.2) is 0 Å². The van der Waals surface area contributed by atoms with Gasteiger partial charge in [0, 0.05) is 13.2 Å². The lowest BCUT2D eigenvalue weighted by atomic mass is 10.3. The molecule has 1 aromatic rings. The van der Waals surface area contributed by atoms with Gasteiger partial charge in [0.2, 0.25) is 0 Å². The number of carbonyl (C=O) groups excluding carboxylic acids is 1. The maximum Gasteiger partial charge on any atom is 0.169 e. The Balaban J connectivity index is 3.20. The van der Waals surface area contributed by atoms with Gasteiger partial charge in [-0.1, -0.05) is 0 Å². The molecule has 0 fully saturated rings. The van der Waals surface area contributed by atoms with Crippen molar-refractivity contribution in [3.05, 3.63) is 22.4 Å². The van der Waals surface area contributed by atoms with Gasteiger partial charge < -0.3 is 5.32 Å². The van der Waals surface area contributed by atoms with Crippen molar-refractivity contribution in [1.29, 1.82) is 0 Å². The lowest BCUT2D eigenvalue weighted by Crippen LogP contribution is -1.94. The molecule has 0 spiro atoms. The van der Waals surface area contributed by atoms with E-state index in [0.29, 0.717) is 16.5 Å². The molecule has 0 aliphatic rings. The van der Waals surface area contributed by atoms with E-state index < -0.39 is 0 Å². The number of anilines is 1. The third-order valence-corrected chi connectivity index (χ3v) is 2.13. The molecule has 3 nitrogen and oxygen atoms in total. The van der Waals surface area contributed by atoms with Crippen molar-refractivity contribution < 1.29 is 4.79 Å². The topological polar surface area (TPSA) is 42.0 Å². The Labute approximate surface area is 73.0 Å². The van der Waals surface area contributed by atoms with Crippen LogP contribution in [-0.4, -0.2) is 18.3 Å². The van der Waals surface area contributed by atoms with Crippen molar-refractivity contribution in [2.24, 2.45) is 0 Å². The zero-order chi connectivity index (χ0) is 8.27. The van der Waals surface area contributed by atoms with Gasteiger partial charge >= 0.3 is 0 Å². The second-order valence-electron chi connectivity index (χ2n) is 1.93. The molecule has 0 saturated heterocycles. The largest absolute Gasteiger partial charge is 0.387 e. The van der Waals surface area contributed by atoms with Crippen LogP contribution in [0.5, 0.6) is 0 Å². The number of aldehydes is 1. The van der Waals surface area contributed by atoms with E-state index in [-0.39, 0.29) is 0 Å². The molecule has 0 aromatic carbocycles. The van der Waals surface area contributed by atoms with Crippen molar-refractivity contribution >= 4 is 27.9 Å². The summed E-state index contributed by atoms with van der Waals surface area (Å²) in [6.07, 6.45) is 2.30. The molecule has 0 amide bonds. The molecule has 58 valence electrons. The highest BCUT2D eigenvalue weighted by Crippen LogP contribution is 2.22. The number of carbonyl (C=O) groups is 1. The molecule has 0 saturated carbocycles. The second kappa shape index (κ2) is 3.48. The Morgan fingerprint density at radius 3 is 3.00 bits per heavy atom. The van der Waals surface area contributed by atoms with Gasteiger partial charge in [-0.15, -0.1) is 0 Å². The van der Waals surface area contributed by atoms with Crippen molar-refractivity contribution in [2.75, 3.05) is 12.4 Å². The van der Waals surface area contributed by atoms with E-state index >= 15 is 0 Å². The maximum absolute atomic E-state index is 10.4. The van der Waals surface area contributed by atoms with E-state index in [1.54, 1.807) is 19.3 Å². The summed E-state index contributed by atoms with van der Waals surface area (Å²) in [5.74, 6) is 0. The van der Waals surface area contributed by atoms with Gasteiger partial charge in [-0.05, 0) is 22.0 Å². The minimum Gasteiger partial charge on any atom is -0.387 e. The smallest absolute Gasteiger partial charge is 0.169 e. The third-order valence-electron chi connectivity index (χ3n) is 1.30. The number of aromatic nitrogens is 1.